The van der Waals surface area contributed by atoms with Crippen LogP contribution in [0.4, 0.5) is 4.79 Å². The van der Waals surface area contributed by atoms with Crippen LogP contribution in [-0.2, 0) is 9.53 Å². The zero-order valence-electron chi connectivity index (χ0n) is 16.1. The summed E-state index contributed by atoms with van der Waals surface area (Å²) in [6, 6.07) is 16.1. The minimum atomic E-state index is -1.43. The van der Waals surface area contributed by atoms with Gasteiger partial charge in [0.05, 0.1) is 0 Å². The highest BCUT2D eigenvalue weighted by molar-refractivity contribution is 5.85. The predicted molar refractivity (Wildman–Crippen MR) is 104 cm³/mol. The third-order valence-electron chi connectivity index (χ3n) is 5.62. The molecule has 5 heteroatoms. The average molecular weight is 367 g/mol. The fraction of sp³-hybridized carbons (Fsp3) is 0.364. The highest BCUT2D eigenvalue weighted by Gasteiger charge is 2.46. The highest BCUT2D eigenvalue weighted by Crippen LogP contribution is 2.44. The summed E-state index contributed by atoms with van der Waals surface area (Å²) in [5.74, 6) is -1.16. The van der Waals surface area contributed by atoms with Gasteiger partial charge < -0.3 is 15.2 Å². The summed E-state index contributed by atoms with van der Waals surface area (Å²) in [5, 5.41) is 12.1. The van der Waals surface area contributed by atoms with Gasteiger partial charge in [-0.3, -0.25) is 0 Å². The highest BCUT2D eigenvalue weighted by atomic mass is 16.5. The van der Waals surface area contributed by atoms with E-state index in [1.165, 1.54) is 6.92 Å². The fourth-order valence-electron chi connectivity index (χ4n) is 3.40. The number of hydrogen-bond donors (Lipinski definition) is 2. The Labute approximate surface area is 159 Å². The molecule has 27 heavy (non-hydrogen) atoms. The third kappa shape index (κ3) is 3.29. The molecule has 0 unspecified atom stereocenters. The van der Waals surface area contributed by atoms with Crippen LogP contribution < -0.4 is 5.32 Å². The van der Waals surface area contributed by atoms with Crippen molar-refractivity contribution < 1.29 is 19.4 Å². The first-order chi connectivity index (χ1) is 12.6. The lowest BCUT2D eigenvalue weighted by molar-refractivity contribution is -0.148. The number of carboxylic acids is 1. The number of nitrogens with one attached hydrogen (secondary N) is 1. The molecular formula is C22H25NO4. The number of benzene rings is 2. The first-order valence-corrected chi connectivity index (χ1v) is 9.01. The lowest BCUT2D eigenvalue weighted by Crippen LogP contribution is -2.60. The molecule has 142 valence electrons. The number of amides is 1. The number of rotatable bonds is 4. The van der Waals surface area contributed by atoms with Crippen LogP contribution in [-0.4, -0.2) is 29.3 Å². The molecule has 0 bridgehead atoms. The Hall–Kier alpha value is -2.82. The van der Waals surface area contributed by atoms with Crippen LogP contribution in [0.5, 0.6) is 0 Å². The number of ether oxygens (including phenoxy) is 1. The lowest BCUT2D eigenvalue weighted by Gasteiger charge is -2.38. The van der Waals surface area contributed by atoms with Gasteiger partial charge in [0.1, 0.15) is 12.1 Å². The second kappa shape index (κ2) is 6.72. The molecule has 2 aromatic rings. The van der Waals surface area contributed by atoms with Gasteiger partial charge in [-0.15, -0.1) is 0 Å². The van der Waals surface area contributed by atoms with Crippen molar-refractivity contribution in [2.75, 3.05) is 6.61 Å². The first-order valence-electron chi connectivity index (χ1n) is 9.01. The molecule has 0 aromatic heterocycles. The van der Waals surface area contributed by atoms with Crippen LogP contribution in [0.25, 0.3) is 11.1 Å². The molecule has 1 aliphatic rings. The van der Waals surface area contributed by atoms with E-state index in [0.717, 1.165) is 22.3 Å². The number of aliphatic carboxylic acids is 1. The van der Waals surface area contributed by atoms with Crippen molar-refractivity contribution in [1.29, 1.82) is 0 Å². The molecule has 0 radical (unpaired) electrons. The molecule has 0 heterocycles. The van der Waals surface area contributed by atoms with Crippen LogP contribution in [0.3, 0.4) is 0 Å². The van der Waals surface area contributed by atoms with Gasteiger partial charge in [-0.2, -0.15) is 0 Å². The Morgan fingerprint density at radius 2 is 1.44 bits per heavy atom. The summed E-state index contributed by atoms with van der Waals surface area (Å²) in [5.41, 5.74) is 2.41. The third-order valence-corrected chi connectivity index (χ3v) is 5.62. The molecule has 0 saturated heterocycles. The van der Waals surface area contributed by atoms with Crippen LogP contribution in [0.15, 0.2) is 48.5 Å². The number of alkyl carbamates (subject to hydrolysis) is 1. The largest absolute Gasteiger partial charge is 0.479 e. The molecule has 1 atom stereocenters. The van der Waals surface area contributed by atoms with E-state index in [-0.39, 0.29) is 12.5 Å². The molecule has 0 spiro atoms. The summed E-state index contributed by atoms with van der Waals surface area (Å²) in [7, 11) is 0. The molecule has 2 aromatic carbocycles. The first kappa shape index (κ1) is 19.0. The number of hydrogen-bond acceptors (Lipinski definition) is 3. The van der Waals surface area contributed by atoms with Gasteiger partial charge in [-0.05, 0) is 34.6 Å². The Morgan fingerprint density at radius 1 is 0.963 bits per heavy atom. The van der Waals surface area contributed by atoms with E-state index >= 15 is 0 Å². The van der Waals surface area contributed by atoms with Crippen LogP contribution >= 0.6 is 0 Å². The Balaban J connectivity index is 1.77. The second-order valence-electron chi connectivity index (χ2n) is 8.13. The van der Waals surface area contributed by atoms with E-state index in [1.54, 1.807) is 20.8 Å². The number of carbonyl (C=O) groups is 2. The van der Waals surface area contributed by atoms with Gasteiger partial charge in [-0.25, -0.2) is 9.59 Å². The van der Waals surface area contributed by atoms with Crippen LogP contribution in [0.2, 0.25) is 0 Å². The second-order valence-corrected chi connectivity index (χ2v) is 8.13. The normalized spacial score (nSPS) is 15.4. The van der Waals surface area contributed by atoms with E-state index in [2.05, 4.69) is 17.4 Å². The van der Waals surface area contributed by atoms with Gasteiger partial charge >= 0.3 is 12.1 Å². The summed E-state index contributed by atoms with van der Waals surface area (Å²) >= 11 is 0. The van der Waals surface area contributed by atoms with Gasteiger partial charge in [0, 0.05) is 5.92 Å². The van der Waals surface area contributed by atoms with E-state index in [1.807, 2.05) is 36.4 Å². The topological polar surface area (TPSA) is 75.6 Å². The Kier molecular flexibility index (Phi) is 4.72. The minimum absolute atomic E-state index is 0.0612. The van der Waals surface area contributed by atoms with E-state index in [0.29, 0.717) is 0 Å². The van der Waals surface area contributed by atoms with E-state index < -0.39 is 23.0 Å². The molecule has 1 aliphatic carbocycles. The van der Waals surface area contributed by atoms with Gasteiger partial charge in [0.15, 0.2) is 0 Å². The summed E-state index contributed by atoms with van der Waals surface area (Å²) in [4.78, 5) is 24.1. The van der Waals surface area contributed by atoms with Crippen LogP contribution in [0.1, 0.15) is 44.7 Å². The molecule has 2 N–H and O–H groups in total. The molecule has 3 rings (SSSR count). The summed E-state index contributed by atoms with van der Waals surface area (Å²) in [6.07, 6.45) is -0.725. The minimum Gasteiger partial charge on any atom is -0.479 e. The maximum absolute atomic E-state index is 12.4. The molecule has 0 fully saturated rings. The van der Waals surface area contributed by atoms with E-state index in [9.17, 15) is 14.7 Å². The molecule has 0 saturated carbocycles. The van der Waals surface area contributed by atoms with Crippen molar-refractivity contribution >= 4 is 12.1 Å². The van der Waals surface area contributed by atoms with E-state index in [4.69, 9.17) is 4.74 Å². The number of carbonyl (C=O) groups excluding carboxylic acids is 1. The SMILES string of the molecule is CC(C)(C)[C@@](C)(NC(=O)OCC1c2ccccc2-c2ccccc21)C(=O)O. The van der Waals surface area contributed by atoms with Crippen molar-refractivity contribution in [2.45, 2.75) is 39.2 Å². The number of fused-ring (bicyclic) bond motifs is 3. The van der Waals surface area contributed by atoms with Gasteiger partial charge in [0.2, 0.25) is 0 Å². The Bertz CT molecular complexity index is 838. The standard InChI is InChI=1S/C22H25NO4/c1-21(2,3)22(4,19(24)25)23-20(26)27-13-18-16-11-7-5-9-14(16)15-10-6-8-12-17(15)18/h5-12,18H,13H2,1-4H3,(H,23,26)(H,24,25)/t22-/m0/s1. The summed E-state index contributed by atoms with van der Waals surface area (Å²) < 4.78 is 5.47. The maximum Gasteiger partial charge on any atom is 0.408 e. The predicted octanol–water partition coefficient (Wildman–Crippen LogP) is 4.41. The quantitative estimate of drug-likeness (QED) is 0.839. The van der Waals surface area contributed by atoms with Crippen molar-refractivity contribution in [2.24, 2.45) is 5.41 Å². The monoisotopic (exact) mass is 367 g/mol. The average Bonchev–Trinajstić information content (AvgIpc) is 2.93. The lowest BCUT2D eigenvalue weighted by atomic mass is 9.75. The smallest absolute Gasteiger partial charge is 0.408 e. The van der Waals surface area contributed by atoms with Crippen LogP contribution in [0, 0.1) is 5.41 Å². The molecule has 1 amide bonds. The summed E-state index contributed by atoms with van der Waals surface area (Å²) in [6.45, 7) is 6.96. The fourth-order valence-corrected chi connectivity index (χ4v) is 3.40. The van der Waals surface area contributed by atoms with Gasteiger partial charge in [-0.1, -0.05) is 69.3 Å². The van der Waals surface area contributed by atoms with Gasteiger partial charge in [0.25, 0.3) is 0 Å². The number of carboxylic acid groups (broad SMARTS) is 1. The zero-order valence-corrected chi connectivity index (χ0v) is 16.1. The molecule has 5 nitrogen and oxygen atoms in total. The molecular weight excluding hydrogens is 342 g/mol. The molecule has 0 aliphatic heterocycles. The maximum atomic E-state index is 12.4. The Morgan fingerprint density at radius 3 is 1.89 bits per heavy atom. The zero-order chi connectivity index (χ0) is 19.8. The van der Waals surface area contributed by atoms with Crippen molar-refractivity contribution in [1.82, 2.24) is 5.32 Å². The van der Waals surface area contributed by atoms with Crippen molar-refractivity contribution in [3.63, 3.8) is 0 Å². The van der Waals surface area contributed by atoms with Crippen molar-refractivity contribution in [3.8, 4) is 11.1 Å². The van der Waals surface area contributed by atoms with Crippen molar-refractivity contribution in [3.05, 3.63) is 59.7 Å².